The molecule has 1 aromatic rings. The molecule has 1 aliphatic heterocycles. The van der Waals surface area contributed by atoms with Gasteiger partial charge in [-0.15, -0.1) is 0 Å². The Labute approximate surface area is 109 Å². The topological polar surface area (TPSA) is 46.3 Å². The van der Waals surface area contributed by atoms with Crippen LogP contribution in [0.3, 0.4) is 0 Å². The second-order valence-corrected chi connectivity index (χ2v) is 5.40. The molecule has 1 amide bonds. The first-order valence-corrected chi connectivity index (χ1v) is 6.61. The average Bonchev–Trinajstić information content (AvgIpc) is 2.28. The van der Waals surface area contributed by atoms with Crippen molar-refractivity contribution >= 4 is 5.91 Å². The molecule has 1 saturated heterocycles. The molecular formula is C15H22N2O. The fourth-order valence-corrected chi connectivity index (χ4v) is 2.78. The molecule has 0 saturated carbocycles. The van der Waals surface area contributed by atoms with Crippen molar-refractivity contribution in [3.05, 3.63) is 34.4 Å². The van der Waals surface area contributed by atoms with Crippen LogP contribution in [0.15, 0.2) is 12.1 Å². The SMILES string of the molecule is Cc1cc(C)c(C(=O)N2CCC(N)CC2)c(C)c1. The van der Waals surface area contributed by atoms with Gasteiger partial charge < -0.3 is 10.6 Å². The molecule has 1 heterocycles. The largest absolute Gasteiger partial charge is 0.339 e. The molecule has 0 atom stereocenters. The van der Waals surface area contributed by atoms with Gasteiger partial charge in [0.2, 0.25) is 0 Å². The Morgan fingerprint density at radius 2 is 1.67 bits per heavy atom. The van der Waals surface area contributed by atoms with E-state index in [9.17, 15) is 4.79 Å². The van der Waals surface area contributed by atoms with E-state index >= 15 is 0 Å². The number of piperidine rings is 1. The average molecular weight is 246 g/mol. The minimum atomic E-state index is 0.164. The molecule has 1 aliphatic rings. The summed E-state index contributed by atoms with van der Waals surface area (Å²) in [4.78, 5) is 14.5. The highest BCUT2D eigenvalue weighted by molar-refractivity contribution is 5.97. The number of nitrogens with zero attached hydrogens (tertiary/aromatic N) is 1. The van der Waals surface area contributed by atoms with Gasteiger partial charge in [-0.25, -0.2) is 0 Å². The van der Waals surface area contributed by atoms with Crippen molar-refractivity contribution in [2.75, 3.05) is 13.1 Å². The quantitative estimate of drug-likeness (QED) is 0.825. The minimum Gasteiger partial charge on any atom is -0.339 e. The van der Waals surface area contributed by atoms with Crippen LogP contribution in [0.5, 0.6) is 0 Å². The molecule has 2 rings (SSSR count). The van der Waals surface area contributed by atoms with Gasteiger partial charge in [-0.05, 0) is 44.7 Å². The number of aryl methyl sites for hydroxylation is 3. The lowest BCUT2D eigenvalue weighted by Crippen LogP contribution is -2.43. The van der Waals surface area contributed by atoms with Gasteiger partial charge in [-0.3, -0.25) is 4.79 Å². The normalized spacial score (nSPS) is 17.0. The van der Waals surface area contributed by atoms with Gasteiger partial charge in [0, 0.05) is 24.7 Å². The first-order chi connectivity index (χ1) is 8.49. The van der Waals surface area contributed by atoms with Crippen molar-refractivity contribution in [3.63, 3.8) is 0 Å². The number of hydrogen-bond acceptors (Lipinski definition) is 2. The first-order valence-electron chi connectivity index (χ1n) is 6.61. The number of hydrogen-bond donors (Lipinski definition) is 1. The zero-order chi connectivity index (χ0) is 13.3. The Balaban J connectivity index is 2.24. The summed E-state index contributed by atoms with van der Waals surface area (Å²) in [5.41, 5.74) is 10.1. The van der Waals surface area contributed by atoms with Crippen LogP contribution in [0.4, 0.5) is 0 Å². The molecule has 2 N–H and O–H groups in total. The smallest absolute Gasteiger partial charge is 0.254 e. The molecule has 0 unspecified atom stereocenters. The van der Waals surface area contributed by atoms with Crippen LogP contribution in [-0.2, 0) is 0 Å². The standard InChI is InChI=1S/C15H22N2O/c1-10-8-11(2)14(12(3)9-10)15(18)17-6-4-13(16)5-7-17/h8-9,13H,4-7,16H2,1-3H3. The Hall–Kier alpha value is -1.35. The van der Waals surface area contributed by atoms with E-state index in [0.717, 1.165) is 42.6 Å². The monoisotopic (exact) mass is 246 g/mol. The van der Waals surface area contributed by atoms with E-state index in [0.29, 0.717) is 0 Å². The number of carbonyl (C=O) groups is 1. The van der Waals surface area contributed by atoms with Crippen molar-refractivity contribution in [1.29, 1.82) is 0 Å². The Bertz CT molecular complexity index is 437. The minimum absolute atomic E-state index is 0.164. The molecule has 1 fully saturated rings. The highest BCUT2D eigenvalue weighted by atomic mass is 16.2. The van der Waals surface area contributed by atoms with Crippen molar-refractivity contribution in [3.8, 4) is 0 Å². The van der Waals surface area contributed by atoms with Gasteiger partial charge in [0.05, 0.1) is 0 Å². The Morgan fingerprint density at radius 3 is 2.17 bits per heavy atom. The molecular weight excluding hydrogens is 224 g/mol. The van der Waals surface area contributed by atoms with Crippen molar-refractivity contribution in [2.45, 2.75) is 39.7 Å². The van der Waals surface area contributed by atoms with E-state index in [1.54, 1.807) is 0 Å². The molecule has 18 heavy (non-hydrogen) atoms. The maximum absolute atomic E-state index is 12.5. The summed E-state index contributed by atoms with van der Waals surface area (Å²) in [5.74, 6) is 0.164. The van der Waals surface area contributed by atoms with Crippen LogP contribution < -0.4 is 5.73 Å². The van der Waals surface area contributed by atoms with E-state index < -0.39 is 0 Å². The van der Waals surface area contributed by atoms with E-state index in [1.165, 1.54) is 5.56 Å². The van der Waals surface area contributed by atoms with Gasteiger partial charge in [-0.1, -0.05) is 17.7 Å². The van der Waals surface area contributed by atoms with Crippen LogP contribution >= 0.6 is 0 Å². The molecule has 3 nitrogen and oxygen atoms in total. The summed E-state index contributed by atoms with van der Waals surface area (Å²) in [6.07, 6.45) is 1.82. The van der Waals surface area contributed by atoms with Gasteiger partial charge in [-0.2, -0.15) is 0 Å². The Kier molecular flexibility index (Phi) is 3.71. The number of rotatable bonds is 1. The summed E-state index contributed by atoms with van der Waals surface area (Å²) >= 11 is 0. The lowest BCUT2D eigenvalue weighted by Gasteiger charge is -2.31. The van der Waals surface area contributed by atoms with E-state index in [4.69, 9.17) is 5.73 Å². The number of benzene rings is 1. The summed E-state index contributed by atoms with van der Waals surface area (Å²) in [6.45, 7) is 7.67. The molecule has 0 radical (unpaired) electrons. The molecule has 0 aliphatic carbocycles. The predicted octanol–water partition coefficient (Wildman–Crippen LogP) is 2.18. The summed E-state index contributed by atoms with van der Waals surface area (Å²) < 4.78 is 0. The van der Waals surface area contributed by atoms with E-state index in [1.807, 2.05) is 18.7 Å². The van der Waals surface area contributed by atoms with Gasteiger partial charge in [0.1, 0.15) is 0 Å². The molecule has 0 spiro atoms. The second kappa shape index (κ2) is 5.11. The number of carbonyl (C=O) groups excluding carboxylic acids is 1. The van der Waals surface area contributed by atoms with E-state index in [2.05, 4.69) is 19.1 Å². The summed E-state index contributed by atoms with van der Waals surface area (Å²) in [6, 6.07) is 4.42. The third kappa shape index (κ3) is 2.56. The third-order valence-electron chi connectivity index (χ3n) is 3.72. The highest BCUT2D eigenvalue weighted by Crippen LogP contribution is 2.20. The second-order valence-electron chi connectivity index (χ2n) is 5.40. The zero-order valence-corrected chi connectivity index (χ0v) is 11.5. The molecule has 0 aromatic heterocycles. The molecule has 98 valence electrons. The van der Waals surface area contributed by atoms with Gasteiger partial charge in [0.15, 0.2) is 0 Å². The first kappa shape index (κ1) is 13.1. The molecule has 1 aromatic carbocycles. The Morgan fingerprint density at radius 1 is 1.17 bits per heavy atom. The lowest BCUT2D eigenvalue weighted by molar-refractivity contribution is 0.0713. The number of nitrogens with two attached hydrogens (primary N) is 1. The lowest BCUT2D eigenvalue weighted by atomic mass is 9.97. The van der Waals surface area contributed by atoms with Gasteiger partial charge in [0.25, 0.3) is 5.91 Å². The van der Waals surface area contributed by atoms with Crippen LogP contribution in [0, 0.1) is 20.8 Å². The zero-order valence-electron chi connectivity index (χ0n) is 11.5. The van der Waals surface area contributed by atoms with Crippen molar-refractivity contribution in [2.24, 2.45) is 5.73 Å². The van der Waals surface area contributed by atoms with Crippen LogP contribution in [0.1, 0.15) is 39.9 Å². The fraction of sp³-hybridized carbons (Fsp3) is 0.533. The van der Waals surface area contributed by atoms with E-state index in [-0.39, 0.29) is 11.9 Å². The fourth-order valence-electron chi connectivity index (χ4n) is 2.78. The summed E-state index contributed by atoms with van der Waals surface area (Å²) in [5, 5.41) is 0. The van der Waals surface area contributed by atoms with Gasteiger partial charge >= 0.3 is 0 Å². The van der Waals surface area contributed by atoms with Crippen molar-refractivity contribution < 1.29 is 4.79 Å². The third-order valence-corrected chi connectivity index (χ3v) is 3.72. The highest BCUT2D eigenvalue weighted by Gasteiger charge is 2.23. The van der Waals surface area contributed by atoms with Crippen LogP contribution in [-0.4, -0.2) is 29.9 Å². The van der Waals surface area contributed by atoms with Crippen LogP contribution in [0.2, 0.25) is 0 Å². The summed E-state index contributed by atoms with van der Waals surface area (Å²) in [7, 11) is 0. The number of amides is 1. The molecule has 0 bridgehead atoms. The predicted molar refractivity (Wildman–Crippen MR) is 73.8 cm³/mol. The maximum atomic E-state index is 12.5. The maximum Gasteiger partial charge on any atom is 0.254 e. The van der Waals surface area contributed by atoms with Crippen LogP contribution in [0.25, 0.3) is 0 Å². The molecule has 3 heteroatoms. The van der Waals surface area contributed by atoms with Crippen molar-refractivity contribution in [1.82, 2.24) is 4.90 Å². The number of likely N-dealkylation sites (tertiary alicyclic amines) is 1.